The standard InChI is InChI=1S/C13H14ClN3O3/c1-3-18-9-7-5-6-8-10(9)20-13-16-11(14)15-12(17-13)19-4-2/h5-8H,3-4H2,1-2H3. The van der Waals surface area contributed by atoms with E-state index in [1.54, 1.807) is 12.1 Å². The minimum absolute atomic E-state index is 0.00680. The molecule has 0 bridgehead atoms. The molecule has 20 heavy (non-hydrogen) atoms. The van der Waals surface area contributed by atoms with E-state index in [1.165, 1.54) is 0 Å². The van der Waals surface area contributed by atoms with Gasteiger partial charge in [0, 0.05) is 0 Å². The normalized spacial score (nSPS) is 10.2. The summed E-state index contributed by atoms with van der Waals surface area (Å²) in [6, 6.07) is 7.40. The van der Waals surface area contributed by atoms with Crippen molar-refractivity contribution in [3.63, 3.8) is 0 Å². The number of hydrogen-bond donors (Lipinski definition) is 0. The Morgan fingerprint density at radius 3 is 2.25 bits per heavy atom. The first kappa shape index (κ1) is 14.3. The van der Waals surface area contributed by atoms with Crippen LogP contribution in [0.15, 0.2) is 24.3 Å². The van der Waals surface area contributed by atoms with E-state index in [1.807, 2.05) is 26.0 Å². The lowest BCUT2D eigenvalue weighted by atomic mass is 10.3. The quantitative estimate of drug-likeness (QED) is 0.816. The maximum absolute atomic E-state index is 5.80. The second-order valence-corrected chi connectivity index (χ2v) is 3.92. The summed E-state index contributed by atoms with van der Waals surface area (Å²) in [5.41, 5.74) is 0. The van der Waals surface area contributed by atoms with Crippen LogP contribution in [0, 0.1) is 0 Å². The lowest BCUT2D eigenvalue weighted by Gasteiger charge is -2.10. The molecule has 2 rings (SSSR count). The van der Waals surface area contributed by atoms with Gasteiger partial charge in [0.2, 0.25) is 5.28 Å². The van der Waals surface area contributed by atoms with E-state index in [4.69, 9.17) is 25.8 Å². The molecule has 0 fully saturated rings. The molecule has 0 N–H and O–H groups in total. The van der Waals surface area contributed by atoms with Crippen molar-refractivity contribution in [1.82, 2.24) is 15.0 Å². The third kappa shape index (κ3) is 3.71. The fraction of sp³-hybridized carbons (Fsp3) is 0.308. The molecule has 0 spiro atoms. The molecule has 0 radical (unpaired) electrons. The van der Waals surface area contributed by atoms with Gasteiger partial charge in [0.1, 0.15) is 0 Å². The highest BCUT2D eigenvalue weighted by Gasteiger charge is 2.11. The number of benzene rings is 1. The van der Waals surface area contributed by atoms with Crippen LogP contribution in [0.25, 0.3) is 0 Å². The van der Waals surface area contributed by atoms with E-state index in [2.05, 4.69) is 15.0 Å². The number of rotatable bonds is 6. The Labute approximate surface area is 121 Å². The van der Waals surface area contributed by atoms with Crippen molar-refractivity contribution in [3.05, 3.63) is 29.5 Å². The van der Waals surface area contributed by atoms with Gasteiger partial charge in [0.15, 0.2) is 11.5 Å². The van der Waals surface area contributed by atoms with Gasteiger partial charge < -0.3 is 14.2 Å². The zero-order chi connectivity index (χ0) is 14.4. The first-order valence-corrected chi connectivity index (χ1v) is 6.54. The number of ether oxygens (including phenoxy) is 3. The van der Waals surface area contributed by atoms with Crippen molar-refractivity contribution in [1.29, 1.82) is 0 Å². The summed E-state index contributed by atoms with van der Waals surface area (Å²) in [6.07, 6.45) is 0. The number of para-hydroxylation sites is 2. The van der Waals surface area contributed by atoms with Gasteiger partial charge in [-0.05, 0) is 37.6 Å². The number of nitrogens with zero attached hydrogens (tertiary/aromatic N) is 3. The molecular weight excluding hydrogens is 282 g/mol. The summed E-state index contributed by atoms with van der Waals surface area (Å²) in [5.74, 6) is 1.10. The highest BCUT2D eigenvalue weighted by atomic mass is 35.5. The van der Waals surface area contributed by atoms with Crippen LogP contribution in [0.4, 0.5) is 0 Å². The fourth-order valence-corrected chi connectivity index (χ4v) is 1.61. The lowest BCUT2D eigenvalue weighted by Crippen LogP contribution is -2.02. The van der Waals surface area contributed by atoms with E-state index < -0.39 is 0 Å². The Hall–Kier alpha value is -2.08. The minimum atomic E-state index is 0.00680. The van der Waals surface area contributed by atoms with Crippen LogP contribution in [0.3, 0.4) is 0 Å². The van der Waals surface area contributed by atoms with Crippen LogP contribution in [0.1, 0.15) is 13.8 Å². The molecule has 7 heteroatoms. The van der Waals surface area contributed by atoms with E-state index in [-0.39, 0.29) is 17.3 Å². The lowest BCUT2D eigenvalue weighted by molar-refractivity contribution is 0.296. The Morgan fingerprint density at radius 2 is 1.55 bits per heavy atom. The predicted molar refractivity (Wildman–Crippen MR) is 73.7 cm³/mol. The van der Waals surface area contributed by atoms with Crippen molar-refractivity contribution in [2.75, 3.05) is 13.2 Å². The first-order valence-electron chi connectivity index (χ1n) is 6.17. The van der Waals surface area contributed by atoms with E-state index in [9.17, 15) is 0 Å². The SMILES string of the molecule is CCOc1nc(Cl)nc(Oc2ccccc2OCC)n1. The molecular formula is C13H14ClN3O3. The zero-order valence-electron chi connectivity index (χ0n) is 11.2. The highest BCUT2D eigenvalue weighted by Crippen LogP contribution is 2.30. The number of aromatic nitrogens is 3. The van der Waals surface area contributed by atoms with Gasteiger partial charge in [0.05, 0.1) is 13.2 Å². The van der Waals surface area contributed by atoms with E-state index in [0.717, 1.165) is 0 Å². The molecule has 0 atom stereocenters. The molecule has 0 saturated heterocycles. The van der Waals surface area contributed by atoms with Gasteiger partial charge in [-0.25, -0.2) is 0 Å². The molecule has 106 valence electrons. The van der Waals surface area contributed by atoms with Gasteiger partial charge >= 0.3 is 12.0 Å². The van der Waals surface area contributed by atoms with Crippen molar-refractivity contribution in [2.45, 2.75) is 13.8 Å². The smallest absolute Gasteiger partial charge is 0.329 e. The van der Waals surface area contributed by atoms with Gasteiger partial charge in [-0.15, -0.1) is 4.98 Å². The molecule has 0 aliphatic carbocycles. The number of hydrogen-bond acceptors (Lipinski definition) is 6. The Morgan fingerprint density at radius 1 is 0.900 bits per heavy atom. The summed E-state index contributed by atoms with van der Waals surface area (Å²) in [5, 5.41) is 0.00680. The Balaban J connectivity index is 2.25. The monoisotopic (exact) mass is 295 g/mol. The maximum atomic E-state index is 5.80. The van der Waals surface area contributed by atoms with Crippen LogP contribution in [-0.2, 0) is 0 Å². The van der Waals surface area contributed by atoms with Crippen molar-refractivity contribution >= 4 is 11.6 Å². The summed E-state index contributed by atoms with van der Waals surface area (Å²) in [4.78, 5) is 11.7. The third-order valence-corrected chi connectivity index (χ3v) is 2.36. The van der Waals surface area contributed by atoms with Crippen molar-refractivity contribution in [3.8, 4) is 23.5 Å². The molecule has 0 saturated carbocycles. The topological polar surface area (TPSA) is 66.4 Å². The van der Waals surface area contributed by atoms with Gasteiger partial charge in [-0.3, -0.25) is 0 Å². The van der Waals surface area contributed by atoms with Crippen LogP contribution in [-0.4, -0.2) is 28.2 Å². The number of halogens is 1. The molecule has 0 aliphatic rings. The fourth-order valence-electron chi connectivity index (χ4n) is 1.46. The maximum Gasteiger partial charge on any atom is 0.329 e. The van der Waals surface area contributed by atoms with Crippen LogP contribution >= 0.6 is 11.6 Å². The second-order valence-electron chi connectivity index (χ2n) is 3.58. The minimum Gasteiger partial charge on any atom is -0.490 e. The molecule has 1 aromatic carbocycles. The van der Waals surface area contributed by atoms with E-state index in [0.29, 0.717) is 24.7 Å². The predicted octanol–water partition coefficient (Wildman–Crippen LogP) is 3.11. The third-order valence-electron chi connectivity index (χ3n) is 2.19. The van der Waals surface area contributed by atoms with Gasteiger partial charge in [0.25, 0.3) is 0 Å². The molecule has 1 aromatic heterocycles. The van der Waals surface area contributed by atoms with Crippen molar-refractivity contribution < 1.29 is 14.2 Å². The van der Waals surface area contributed by atoms with Crippen LogP contribution in [0.5, 0.6) is 23.5 Å². The largest absolute Gasteiger partial charge is 0.490 e. The Bertz CT molecular complexity index is 581. The molecule has 0 amide bonds. The summed E-state index contributed by atoms with van der Waals surface area (Å²) < 4.78 is 16.2. The highest BCUT2D eigenvalue weighted by molar-refractivity contribution is 6.28. The zero-order valence-corrected chi connectivity index (χ0v) is 11.9. The second kappa shape index (κ2) is 6.91. The molecule has 0 aliphatic heterocycles. The average molecular weight is 296 g/mol. The van der Waals surface area contributed by atoms with Crippen LogP contribution < -0.4 is 14.2 Å². The molecule has 6 nitrogen and oxygen atoms in total. The van der Waals surface area contributed by atoms with Crippen molar-refractivity contribution in [2.24, 2.45) is 0 Å². The van der Waals surface area contributed by atoms with E-state index >= 15 is 0 Å². The van der Waals surface area contributed by atoms with Gasteiger partial charge in [-0.1, -0.05) is 12.1 Å². The summed E-state index contributed by atoms with van der Waals surface area (Å²) in [7, 11) is 0. The Kier molecular flexibility index (Phi) is 4.95. The summed E-state index contributed by atoms with van der Waals surface area (Å²) in [6.45, 7) is 4.67. The van der Waals surface area contributed by atoms with Crippen LogP contribution in [0.2, 0.25) is 5.28 Å². The molecule has 0 unspecified atom stereocenters. The first-order chi connectivity index (χ1) is 9.72. The molecule has 1 heterocycles. The van der Waals surface area contributed by atoms with Gasteiger partial charge in [-0.2, -0.15) is 9.97 Å². The summed E-state index contributed by atoms with van der Waals surface area (Å²) >= 11 is 5.80. The average Bonchev–Trinajstić information content (AvgIpc) is 2.41. The molecule has 2 aromatic rings.